The first-order valence-electron chi connectivity index (χ1n) is 9.65. The van der Waals surface area contributed by atoms with Gasteiger partial charge in [-0.25, -0.2) is 15.0 Å². The number of halogens is 1. The molecule has 1 amide bonds. The normalized spacial score (nSPS) is 15.1. The summed E-state index contributed by atoms with van der Waals surface area (Å²) in [6.07, 6.45) is 4.72. The van der Waals surface area contributed by atoms with Crippen molar-refractivity contribution in [1.82, 2.24) is 24.4 Å². The standard InChI is InChI=1S/C21H22ClN5O2/c1-13-14(2)24-12-27(21(13)29)11-19(28)26-7-5-15(6-8-26)18-4-3-16-9-17(22)10-23-20(16)25-18/h3-4,9-10,12,15H,5-8,11H2,1-2H3. The van der Waals surface area contributed by atoms with Gasteiger partial charge >= 0.3 is 0 Å². The largest absolute Gasteiger partial charge is 0.341 e. The Hall–Kier alpha value is -2.80. The Bertz CT molecular complexity index is 1140. The van der Waals surface area contributed by atoms with Gasteiger partial charge in [0.1, 0.15) is 6.54 Å². The van der Waals surface area contributed by atoms with Crippen molar-refractivity contribution in [1.29, 1.82) is 0 Å². The van der Waals surface area contributed by atoms with Crippen molar-refractivity contribution >= 4 is 28.5 Å². The summed E-state index contributed by atoms with van der Waals surface area (Å²) in [7, 11) is 0. The number of aryl methyl sites for hydroxylation is 1. The molecule has 0 unspecified atom stereocenters. The average Bonchev–Trinajstić information content (AvgIpc) is 2.74. The molecule has 1 aliphatic rings. The zero-order valence-corrected chi connectivity index (χ0v) is 17.2. The molecule has 150 valence electrons. The minimum Gasteiger partial charge on any atom is -0.341 e. The second-order valence-electron chi connectivity index (χ2n) is 7.48. The van der Waals surface area contributed by atoms with E-state index < -0.39 is 0 Å². The van der Waals surface area contributed by atoms with E-state index in [0.29, 0.717) is 35.0 Å². The van der Waals surface area contributed by atoms with Crippen LogP contribution in [0.25, 0.3) is 11.0 Å². The van der Waals surface area contributed by atoms with Crippen LogP contribution >= 0.6 is 11.6 Å². The number of amides is 1. The third-order valence-corrected chi connectivity index (χ3v) is 5.82. The molecule has 0 aromatic carbocycles. The maximum Gasteiger partial charge on any atom is 0.256 e. The van der Waals surface area contributed by atoms with Crippen LogP contribution in [0.15, 0.2) is 35.5 Å². The highest BCUT2D eigenvalue weighted by Crippen LogP contribution is 2.28. The quantitative estimate of drug-likeness (QED) is 0.662. The summed E-state index contributed by atoms with van der Waals surface area (Å²) in [5.41, 5.74) is 2.80. The average molecular weight is 412 g/mol. The first-order chi connectivity index (χ1) is 13.9. The number of piperidine rings is 1. The van der Waals surface area contributed by atoms with Gasteiger partial charge in [-0.1, -0.05) is 11.6 Å². The molecule has 0 N–H and O–H groups in total. The minimum atomic E-state index is -0.159. The molecule has 0 aliphatic carbocycles. The zero-order chi connectivity index (χ0) is 20.5. The Labute approximate surface area is 173 Å². The zero-order valence-electron chi connectivity index (χ0n) is 16.4. The Morgan fingerprint density at radius 1 is 1.21 bits per heavy atom. The van der Waals surface area contributed by atoms with Gasteiger partial charge in [0.25, 0.3) is 5.56 Å². The second-order valence-corrected chi connectivity index (χ2v) is 7.92. The highest BCUT2D eigenvalue weighted by Gasteiger charge is 2.25. The third kappa shape index (κ3) is 4.00. The van der Waals surface area contributed by atoms with E-state index in [2.05, 4.69) is 15.0 Å². The van der Waals surface area contributed by atoms with E-state index in [-0.39, 0.29) is 23.9 Å². The first-order valence-corrected chi connectivity index (χ1v) is 10.0. The number of likely N-dealkylation sites (tertiary alicyclic amines) is 1. The SMILES string of the molecule is Cc1ncn(CC(=O)N2CCC(c3ccc4cc(Cl)cnc4n3)CC2)c(=O)c1C. The molecule has 0 atom stereocenters. The lowest BCUT2D eigenvalue weighted by Gasteiger charge is -2.32. The fraction of sp³-hybridized carbons (Fsp3) is 0.381. The third-order valence-electron chi connectivity index (χ3n) is 5.62. The number of hydrogen-bond acceptors (Lipinski definition) is 5. The lowest BCUT2D eigenvalue weighted by molar-refractivity contribution is -0.133. The number of hydrogen-bond donors (Lipinski definition) is 0. The maximum absolute atomic E-state index is 12.7. The number of carbonyl (C=O) groups excluding carboxylic acids is 1. The molecular formula is C21H22ClN5O2. The molecule has 0 radical (unpaired) electrons. The monoisotopic (exact) mass is 411 g/mol. The van der Waals surface area contributed by atoms with Crippen molar-refractivity contribution in [2.24, 2.45) is 0 Å². The van der Waals surface area contributed by atoms with E-state index in [1.807, 2.05) is 23.1 Å². The summed E-state index contributed by atoms with van der Waals surface area (Å²) < 4.78 is 1.39. The van der Waals surface area contributed by atoms with Gasteiger partial charge in [-0.15, -0.1) is 0 Å². The van der Waals surface area contributed by atoms with Crippen molar-refractivity contribution in [3.8, 4) is 0 Å². The fourth-order valence-electron chi connectivity index (χ4n) is 3.68. The van der Waals surface area contributed by atoms with E-state index >= 15 is 0 Å². The van der Waals surface area contributed by atoms with Crippen LogP contribution in [-0.2, 0) is 11.3 Å². The maximum atomic E-state index is 12.7. The van der Waals surface area contributed by atoms with Crippen LogP contribution in [0.2, 0.25) is 5.02 Å². The van der Waals surface area contributed by atoms with Crippen LogP contribution in [0.4, 0.5) is 0 Å². The molecule has 3 aromatic heterocycles. The van der Waals surface area contributed by atoms with Crippen LogP contribution in [-0.4, -0.2) is 43.4 Å². The van der Waals surface area contributed by atoms with Gasteiger partial charge in [-0.05, 0) is 44.9 Å². The number of fused-ring (bicyclic) bond motifs is 1. The number of aromatic nitrogens is 4. The Morgan fingerprint density at radius 3 is 2.72 bits per heavy atom. The molecule has 4 heterocycles. The number of carbonyl (C=O) groups is 1. The van der Waals surface area contributed by atoms with Gasteiger partial charge < -0.3 is 4.90 Å². The topological polar surface area (TPSA) is 81.0 Å². The summed E-state index contributed by atoms with van der Waals surface area (Å²) in [4.78, 5) is 40.0. The highest BCUT2D eigenvalue weighted by molar-refractivity contribution is 6.31. The van der Waals surface area contributed by atoms with Crippen LogP contribution in [0.3, 0.4) is 0 Å². The molecule has 1 aliphatic heterocycles. The van der Waals surface area contributed by atoms with Gasteiger partial charge in [0.05, 0.1) is 11.3 Å². The summed E-state index contributed by atoms with van der Waals surface area (Å²) >= 11 is 5.98. The van der Waals surface area contributed by atoms with E-state index in [4.69, 9.17) is 11.6 Å². The lowest BCUT2D eigenvalue weighted by Crippen LogP contribution is -2.41. The van der Waals surface area contributed by atoms with Gasteiger partial charge in [0.15, 0.2) is 5.65 Å². The molecule has 0 bridgehead atoms. The number of pyridine rings is 2. The number of rotatable bonds is 3. The molecule has 0 saturated carbocycles. The van der Waals surface area contributed by atoms with Crippen LogP contribution in [0, 0.1) is 13.8 Å². The molecule has 29 heavy (non-hydrogen) atoms. The summed E-state index contributed by atoms with van der Waals surface area (Å²) in [6, 6.07) is 5.86. The molecule has 7 nitrogen and oxygen atoms in total. The van der Waals surface area contributed by atoms with Gasteiger partial charge in [0.2, 0.25) is 5.91 Å². The Balaban J connectivity index is 1.41. The fourth-order valence-corrected chi connectivity index (χ4v) is 3.85. The molecule has 4 rings (SSSR count). The Morgan fingerprint density at radius 2 is 1.97 bits per heavy atom. The smallest absolute Gasteiger partial charge is 0.256 e. The van der Waals surface area contributed by atoms with Crippen LogP contribution in [0.1, 0.15) is 35.7 Å². The number of nitrogens with zero attached hydrogens (tertiary/aromatic N) is 5. The molecule has 8 heteroatoms. The molecule has 3 aromatic rings. The summed E-state index contributed by atoms with van der Waals surface area (Å²) in [5, 5.41) is 1.51. The van der Waals surface area contributed by atoms with Crippen molar-refractivity contribution in [2.75, 3.05) is 13.1 Å². The van der Waals surface area contributed by atoms with Crippen molar-refractivity contribution in [3.05, 3.63) is 63.1 Å². The predicted molar refractivity (Wildman–Crippen MR) is 111 cm³/mol. The van der Waals surface area contributed by atoms with Gasteiger partial charge in [-0.2, -0.15) is 0 Å². The van der Waals surface area contributed by atoms with E-state index in [1.54, 1.807) is 20.0 Å². The van der Waals surface area contributed by atoms with E-state index in [1.165, 1.54) is 10.9 Å². The lowest BCUT2D eigenvalue weighted by atomic mass is 9.93. The second kappa shape index (κ2) is 7.91. The molecular weight excluding hydrogens is 390 g/mol. The van der Waals surface area contributed by atoms with Crippen LogP contribution < -0.4 is 5.56 Å². The van der Waals surface area contributed by atoms with Gasteiger partial charge in [-0.3, -0.25) is 14.2 Å². The van der Waals surface area contributed by atoms with Gasteiger partial charge in [0, 0.05) is 47.5 Å². The van der Waals surface area contributed by atoms with Crippen molar-refractivity contribution in [3.63, 3.8) is 0 Å². The van der Waals surface area contributed by atoms with Crippen molar-refractivity contribution < 1.29 is 4.79 Å². The van der Waals surface area contributed by atoms with Crippen molar-refractivity contribution in [2.45, 2.75) is 39.2 Å². The predicted octanol–water partition coefficient (Wildman–Crippen LogP) is 2.86. The Kier molecular flexibility index (Phi) is 5.32. The highest BCUT2D eigenvalue weighted by atomic mass is 35.5. The molecule has 1 fully saturated rings. The van der Waals surface area contributed by atoms with Crippen LogP contribution in [0.5, 0.6) is 0 Å². The minimum absolute atomic E-state index is 0.0243. The summed E-state index contributed by atoms with van der Waals surface area (Å²) in [6.45, 7) is 4.83. The first kappa shape index (κ1) is 19.5. The molecule has 1 saturated heterocycles. The summed E-state index contributed by atoms with van der Waals surface area (Å²) in [5.74, 6) is 0.227. The van der Waals surface area contributed by atoms with E-state index in [0.717, 1.165) is 23.9 Å². The van der Waals surface area contributed by atoms with E-state index in [9.17, 15) is 9.59 Å². The molecule has 0 spiro atoms.